The molecule has 0 radical (unpaired) electrons. The number of ether oxygens (including phenoxy) is 1. The molecule has 1 amide bonds. The van der Waals surface area contributed by atoms with Crippen molar-refractivity contribution in [3.8, 4) is 0 Å². The van der Waals surface area contributed by atoms with Gasteiger partial charge in [0.25, 0.3) is 5.91 Å². The van der Waals surface area contributed by atoms with Crippen molar-refractivity contribution < 1.29 is 14.3 Å². The van der Waals surface area contributed by atoms with Crippen molar-refractivity contribution in [1.29, 1.82) is 0 Å². The van der Waals surface area contributed by atoms with Gasteiger partial charge in [0.15, 0.2) is 0 Å². The van der Waals surface area contributed by atoms with Gasteiger partial charge in [0, 0.05) is 19.2 Å². The number of esters is 1. The lowest BCUT2D eigenvalue weighted by molar-refractivity contribution is 0.0602. The van der Waals surface area contributed by atoms with Crippen molar-refractivity contribution in [1.82, 2.24) is 9.97 Å². The Hall–Kier alpha value is -2.96. The summed E-state index contributed by atoms with van der Waals surface area (Å²) in [7, 11) is 1.31. The number of hydrogen-bond acceptors (Lipinski definition) is 6. The molecule has 1 N–H and O–H groups in total. The molecule has 0 atom stereocenters. The van der Waals surface area contributed by atoms with Crippen molar-refractivity contribution in [3.05, 3.63) is 47.4 Å². The maximum absolute atomic E-state index is 12.8. The van der Waals surface area contributed by atoms with Gasteiger partial charge in [0.2, 0.25) is 0 Å². The van der Waals surface area contributed by atoms with Crippen molar-refractivity contribution in [2.75, 3.05) is 30.4 Å². The highest BCUT2D eigenvalue weighted by Gasteiger charge is 2.18. The molecular formula is C20H24N4O3. The van der Waals surface area contributed by atoms with E-state index < -0.39 is 5.97 Å². The standard InChI is InChI=1S/C20H24N4O3/c1-14-21-17(13-18(22-14)24-11-7-3-4-8-12-24)19(25)23-16-10-6-5-9-15(16)20(26)27-2/h5-6,9-10,13H,3-4,7-8,11-12H2,1-2H3,(H,23,25). The van der Waals surface area contributed by atoms with E-state index in [1.807, 2.05) is 0 Å². The van der Waals surface area contributed by atoms with Gasteiger partial charge >= 0.3 is 5.97 Å². The first kappa shape index (κ1) is 18.8. The molecule has 2 aromatic rings. The molecular weight excluding hydrogens is 344 g/mol. The second-order valence-corrected chi connectivity index (χ2v) is 6.55. The highest BCUT2D eigenvalue weighted by molar-refractivity contribution is 6.07. The molecule has 7 nitrogen and oxygen atoms in total. The minimum atomic E-state index is -0.505. The number of nitrogens with zero attached hydrogens (tertiary/aromatic N) is 3. The van der Waals surface area contributed by atoms with Crippen LogP contribution in [0.1, 0.15) is 52.4 Å². The normalized spacial score (nSPS) is 14.4. The van der Waals surface area contributed by atoms with E-state index in [1.54, 1.807) is 37.3 Å². The van der Waals surface area contributed by atoms with Crippen LogP contribution in [0, 0.1) is 6.92 Å². The molecule has 0 aliphatic carbocycles. The first-order chi connectivity index (χ1) is 13.1. The van der Waals surface area contributed by atoms with Crippen molar-refractivity contribution in [2.24, 2.45) is 0 Å². The van der Waals surface area contributed by atoms with Gasteiger partial charge in [0.1, 0.15) is 17.3 Å². The number of rotatable bonds is 4. The third kappa shape index (κ3) is 4.61. The van der Waals surface area contributed by atoms with Crippen LogP contribution < -0.4 is 10.2 Å². The lowest BCUT2D eigenvalue weighted by Gasteiger charge is -2.22. The number of para-hydroxylation sites is 1. The van der Waals surface area contributed by atoms with Gasteiger partial charge in [-0.3, -0.25) is 4.79 Å². The Labute approximate surface area is 158 Å². The van der Waals surface area contributed by atoms with Crippen LogP contribution in [-0.2, 0) is 4.74 Å². The third-order valence-electron chi connectivity index (χ3n) is 4.57. The second-order valence-electron chi connectivity index (χ2n) is 6.55. The van der Waals surface area contributed by atoms with E-state index in [1.165, 1.54) is 20.0 Å². The first-order valence-electron chi connectivity index (χ1n) is 9.18. The summed E-state index contributed by atoms with van der Waals surface area (Å²) in [6.07, 6.45) is 4.69. The van der Waals surface area contributed by atoms with E-state index in [9.17, 15) is 9.59 Å². The Morgan fingerprint density at radius 1 is 1.07 bits per heavy atom. The molecule has 1 aliphatic rings. The van der Waals surface area contributed by atoms with Crippen molar-refractivity contribution in [2.45, 2.75) is 32.6 Å². The Kier molecular flexibility index (Phi) is 6.01. The monoisotopic (exact) mass is 368 g/mol. The Balaban J connectivity index is 1.84. The summed E-state index contributed by atoms with van der Waals surface area (Å²) in [5, 5.41) is 2.76. The molecule has 3 rings (SSSR count). The van der Waals surface area contributed by atoms with Gasteiger partial charge in [0.05, 0.1) is 18.4 Å². The van der Waals surface area contributed by atoms with Crippen LogP contribution >= 0.6 is 0 Å². The fourth-order valence-corrected chi connectivity index (χ4v) is 3.20. The summed E-state index contributed by atoms with van der Waals surface area (Å²) < 4.78 is 4.77. The van der Waals surface area contributed by atoms with Crippen LogP contribution in [0.4, 0.5) is 11.5 Å². The number of aromatic nitrogens is 2. The molecule has 7 heteroatoms. The number of aryl methyl sites for hydroxylation is 1. The zero-order valence-electron chi connectivity index (χ0n) is 15.7. The van der Waals surface area contributed by atoms with Gasteiger partial charge in [-0.15, -0.1) is 0 Å². The zero-order chi connectivity index (χ0) is 19.2. The molecule has 1 fully saturated rings. The number of carbonyl (C=O) groups is 2. The van der Waals surface area contributed by atoms with Crippen LogP contribution in [0.5, 0.6) is 0 Å². The lowest BCUT2D eigenvalue weighted by Crippen LogP contribution is -2.26. The summed E-state index contributed by atoms with van der Waals surface area (Å²) in [4.78, 5) is 35.6. The van der Waals surface area contributed by atoms with Crippen LogP contribution in [0.25, 0.3) is 0 Å². The summed E-state index contributed by atoms with van der Waals surface area (Å²) in [5.41, 5.74) is 0.968. The first-order valence-corrected chi connectivity index (χ1v) is 9.18. The predicted octanol–water partition coefficient (Wildman–Crippen LogP) is 3.20. The van der Waals surface area contributed by atoms with Crippen LogP contribution in [0.2, 0.25) is 0 Å². The minimum Gasteiger partial charge on any atom is -0.465 e. The summed E-state index contributed by atoms with van der Waals surface area (Å²) >= 11 is 0. The van der Waals surface area contributed by atoms with E-state index in [0.717, 1.165) is 31.7 Å². The van der Waals surface area contributed by atoms with Gasteiger partial charge in [-0.05, 0) is 31.9 Å². The molecule has 1 aromatic carbocycles. The fraction of sp³-hybridized carbons (Fsp3) is 0.400. The molecule has 0 bridgehead atoms. The summed E-state index contributed by atoms with van der Waals surface area (Å²) in [6, 6.07) is 8.45. The van der Waals surface area contributed by atoms with Crippen LogP contribution in [-0.4, -0.2) is 42.0 Å². The second kappa shape index (κ2) is 8.62. The fourth-order valence-electron chi connectivity index (χ4n) is 3.20. The van der Waals surface area contributed by atoms with Crippen molar-refractivity contribution >= 4 is 23.4 Å². The molecule has 2 heterocycles. The van der Waals surface area contributed by atoms with E-state index in [4.69, 9.17) is 4.74 Å². The lowest BCUT2D eigenvalue weighted by atomic mass is 10.1. The van der Waals surface area contributed by atoms with Gasteiger partial charge < -0.3 is 15.0 Å². The zero-order valence-corrected chi connectivity index (χ0v) is 15.7. The highest BCUT2D eigenvalue weighted by Crippen LogP contribution is 2.20. The Morgan fingerprint density at radius 3 is 2.48 bits per heavy atom. The largest absolute Gasteiger partial charge is 0.465 e. The molecule has 0 unspecified atom stereocenters. The van der Waals surface area contributed by atoms with Crippen molar-refractivity contribution in [3.63, 3.8) is 0 Å². The van der Waals surface area contributed by atoms with Crippen LogP contribution in [0.15, 0.2) is 30.3 Å². The third-order valence-corrected chi connectivity index (χ3v) is 4.57. The molecule has 1 aromatic heterocycles. The highest BCUT2D eigenvalue weighted by atomic mass is 16.5. The molecule has 142 valence electrons. The molecule has 1 saturated heterocycles. The van der Waals surface area contributed by atoms with E-state index in [0.29, 0.717) is 17.1 Å². The topological polar surface area (TPSA) is 84.4 Å². The Morgan fingerprint density at radius 2 is 1.78 bits per heavy atom. The molecule has 27 heavy (non-hydrogen) atoms. The SMILES string of the molecule is COC(=O)c1ccccc1NC(=O)c1cc(N2CCCCCC2)nc(C)n1. The quantitative estimate of drug-likeness (QED) is 0.834. The van der Waals surface area contributed by atoms with E-state index in [2.05, 4.69) is 20.2 Å². The smallest absolute Gasteiger partial charge is 0.339 e. The molecule has 0 spiro atoms. The number of benzene rings is 1. The number of methoxy groups -OCH3 is 1. The number of hydrogen-bond donors (Lipinski definition) is 1. The van der Waals surface area contributed by atoms with Gasteiger partial charge in [-0.1, -0.05) is 25.0 Å². The van der Waals surface area contributed by atoms with Crippen LogP contribution in [0.3, 0.4) is 0 Å². The summed E-state index contributed by atoms with van der Waals surface area (Å²) in [5.74, 6) is 0.432. The predicted molar refractivity (Wildman–Crippen MR) is 103 cm³/mol. The van der Waals surface area contributed by atoms with Gasteiger partial charge in [-0.25, -0.2) is 14.8 Å². The maximum atomic E-state index is 12.8. The number of carbonyl (C=O) groups excluding carboxylic acids is 2. The summed E-state index contributed by atoms with van der Waals surface area (Å²) in [6.45, 7) is 3.64. The number of anilines is 2. The average molecular weight is 368 g/mol. The maximum Gasteiger partial charge on any atom is 0.339 e. The minimum absolute atomic E-state index is 0.279. The van der Waals surface area contributed by atoms with E-state index >= 15 is 0 Å². The molecule has 1 aliphatic heterocycles. The average Bonchev–Trinajstić information content (AvgIpc) is 2.97. The van der Waals surface area contributed by atoms with E-state index in [-0.39, 0.29) is 11.6 Å². The molecule has 0 saturated carbocycles. The van der Waals surface area contributed by atoms with Gasteiger partial charge in [-0.2, -0.15) is 0 Å². The number of amides is 1. The Bertz CT molecular complexity index is 830. The number of nitrogens with one attached hydrogen (secondary N) is 1.